The first kappa shape index (κ1) is 16.2. The Morgan fingerprint density at radius 1 is 1.33 bits per heavy atom. The van der Waals surface area contributed by atoms with Gasteiger partial charge in [0.1, 0.15) is 11.6 Å². The summed E-state index contributed by atoms with van der Waals surface area (Å²) in [6, 6.07) is 1.58. The van der Waals surface area contributed by atoms with E-state index in [1.165, 1.54) is 6.20 Å². The van der Waals surface area contributed by atoms with Crippen LogP contribution in [-0.2, 0) is 11.3 Å². The van der Waals surface area contributed by atoms with Crippen LogP contribution in [0.2, 0.25) is 0 Å². The molecule has 0 aromatic carbocycles. The fourth-order valence-electron chi connectivity index (χ4n) is 2.60. The average Bonchev–Trinajstić information content (AvgIpc) is 2.34. The van der Waals surface area contributed by atoms with Gasteiger partial charge < -0.3 is 15.0 Å². The number of pyridine rings is 1. The SMILES string of the molecule is C[C@@H]1CN(c2ncc(F)cc2CNC(C)(C)C)C[C@H](C)O1. The van der Waals surface area contributed by atoms with E-state index in [0.29, 0.717) is 6.54 Å². The van der Waals surface area contributed by atoms with E-state index in [4.69, 9.17) is 4.74 Å². The Hall–Kier alpha value is -1.20. The molecule has 2 atom stereocenters. The van der Waals surface area contributed by atoms with Crippen LogP contribution in [0.3, 0.4) is 0 Å². The summed E-state index contributed by atoms with van der Waals surface area (Å²) in [4.78, 5) is 6.52. The third-order valence-electron chi connectivity index (χ3n) is 3.44. The summed E-state index contributed by atoms with van der Waals surface area (Å²) in [7, 11) is 0. The number of nitrogens with zero attached hydrogens (tertiary/aromatic N) is 2. The Balaban J connectivity index is 2.21. The zero-order chi connectivity index (χ0) is 15.6. The van der Waals surface area contributed by atoms with Crippen molar-refractivity contribution in [1.82, 2.24) is 10.3 Å². The predicted octanol–water partition coefficient (Wildman–Crippen LogP) is 2.72. The molecule has 1 saturated heterocycles. The normalized spacial score (nSPS) is 23.4. The van der Waals surface area contributed by atoms with Crippen LogP contribution in [-0.4, -0.2) is 35.8 Å². The molecule has 0 amide bonds. The van der Waals surface area contributed by atoms with Gasteiger partial charge in [0.2, 0.25) is 0 Å². The lowest BCUT2D eigenvalue weighted by atomic mass is 10.1. The van der Waals surface area contributed by atoms with Crippen LogP contribution in [0.4, 0.5) is 10.2 Å². The van der Waals surface area contributed by atoms with E-state index in [-0.39, 0.29) is 23.6 Å². The van der Waals surface area contributed by atoms with Gasteiger partial charge in [-0.05, 0) is 40.7 Å². The van der Waals surface area contributed by atoms with Gasteiger partial charge in [-0.2, -0.15) is 0 Å². The monoisotopic (exact) mass is 295 g/mol. The first-order valence-electron chi connectivity index (χ1n) is 7.54. The largest absolute Gasteiger partial charge is 0.372 e. The van der Waals surface area contributed by atoms with Gasteiger partial charge >= 0.3 is 0 Å². The summed E-state index contributed by atoms with van der Waals surface area (Å²) in [6.45, 7) is 12.6. The van der Waals surface area contributed by atoms with Crippen molar-refractivity contribution in [1.29, 1.82) is 0 Å². The third kappa shape index (κ3) is 4.64. The quantitative estimate of drug-likeness (QED) is 0.930. The zero-order valence-corrected chi connectivity index (χ0v) is 13.6. The Bertz CT molecular complexity index is 477. The van der Waals surface area contributed by atoms with E-state index < -0.39 is 0 Å². The molecular weight excluding hydrogens is 269 g/mol. The number of ether oxygens (including phenoxy) is 1. The molecule has 1 aliphatic heterocycles. The van der Waals surface area contributed by atoms with E-state index in [1.54, 1.807) is 6.07 Å². The van der Waals surface area contributed by atoms with Crippen molar-refractivity contribution in [3.63, 3.8) is 0 Å². The van der Waals surface area contributed by atoms with E-state index in [1.807, 2.05) is 0 Å². The lowest BCUT2D eigenvalue weighted by Crippen LogP contribution is -2.46. The molecule has 1 fully saturated rings. The first-order valence-corrected chi connectivity index (χ1v) is 7.54. The zero-order valence-electron chi connectivity index (χ0n) is 13.6. The second kappa shape index (κ2) is 6.28. The molecule has 0 unspecified atom stereocenters. The van der Waals surface area contributed by atoms with Crippen LogP contribution >= 0.6 is 0 Å². The molecule has 0 radical (unpaired) electrons. The summed E-state index contributed by atoms with van der Waals surface area (Å²) >= 11 is 0. The van der Waals surface area contributed by atoms with Gasteiger partial charge in [-0.1, -0.05) is 0 Å². The standard InChI is InChI=1S/C16H26FN3O/c1-11-9-20(10-12(2)21-11)15-13(6-14(17)8-18-15)7-19-16(3,4)5/h6,8,11-12,19H,7,9-10H2,1-5H3/t11-,12+. The highest BCUT2D eigenvalue weighted by molar-refractivity contribution is 5.47. The Kier molecular flexibility index (Phi) is 4.84. The molecule has 1 aromatic rings. The van der Waals surface area contributed by atoms with Gasteiger partial charge in [-0.25, -0.2) is 9.37 Å². The van der Waals surface area contributed by atoms with Crippen LogP contribution in [0.15, 0.2) is 12.3 Å². The molecule has 1 aromatic heterocycles. The first-order chi connectivity index (χ1) is 9.74. The van der Waals surface area contributed by atoms with Gasteiger partial charge in [0.15, 0.2) is 0 Å². The minimum absolute atomic E-state index is 0.0187. The Morgan fingerprint density at radius 2 is 1.95 bits per heavy atom. The molecule has 1 N–H and O–H groups in total. The average molecular weight is 295 g/mol. The number of aromatic nitrogens is 1. The molecule has 21 heavy (non-hydrogen) atoms. The summed E-state index contributed by atoms with van der Waals surface area (Å²) in [5, 5.41) is 3.40. The Labute approximate surface area is 126 Å². The number of morpholine rings is 1. The highest BCUT2D eigenvalue weighted by Crippen LogP contribution is 2.23. The second-order valence-electron chi connectivity index (χ2n) is 6.90. The lowest BCUT2D eigenvalue weighted by Gasteiger charge is -2.37. The van der Waals surface area contributed by atoms with Gasteiger partial charge in [-0.15, -0.1) is 0 Å². The number of nitrogens with one attached hydrogen (secondary N) is 1. The van der Waals surface area contributed by atoms with Crippen LogP contribution in [0.25, 0.3) is 0 Å². The van der Waals surface area contributed by atoms with Crippen molar-refractivity contribution in [3.8, 4) is 0 Å². The number of anilines is 1. The molecule has 2 heterocycles. The maximum Gasteiger partial charge on any atom is 0.141 e. The summed E-state index contributed by atoms with van der Waals surface area (Å²) in [6.07, 6.45) is 1.61. The maximum atomic E-state index is 13.6. The summed E-state index contributed by atoms with van der Waals surface area (Å²) in [5.41, 5.74) is 0.876. The summed E-state index contributed by atoms with van der Waals surface area (Å²) < 4.78 is 19.3. The van der Waals surface area contributed by atoms with Gasteiger partial charge in [0, 0.05) is 30.7 Å². The molecule has 2 rings (SSSR count). The molecule has 0 spiro atoms. The number of rotatable bonds is 3. The van der Waals surface area contributed by atoms with Crippen molar-refractivity contribution < 1.29 is 9.13 Å². The van der Waals surface area contributed by atoms with E-state index in [0.717, 1.165) is 24.5 Å². The van der Waals surface area contributed by atoms with Crippen molar-refractivity contribution in [2.45, 2.75) is 58.9 Å². The lowest BCUT2D eigenvalue weighted by molar-refractivity contribution is -0.00552. The topological polar surface area (TPSA) is 37.4 Å². The molecule has 0 bridgehead atoms. The Morgan fingerprint density at radius 3 is 2.52 bits per heavy atom. The van der Waals surface area contributed by atoms with Gasteiger partial charge in [0.05, 0.1) is 18.4 Å². The summed E-state index contributed by atoms with van der Waals surface area (Å²) in [5.74, 6) is 0.564. The van der Waals surface area contributed by atoms with Crippen LogP contribution < -0.4 is 10.2 Å². The second-order valence-corrected chi connectivity index (χ2v) is 6.90. The van der Waals surface area contributed by atoms with Crippen LogP contribution in [0.1, 0.15) is 40.2 Å². The smallest absolute Gasteiger partial charge is 0.141 e. The number of hydrogen-bond acceptors (Lipinski definition) is 4. The van der Waals surface area contributed by atoms with Crippen molar-refractivity contribution in [2.24, 2.45) is 0 Å². The molecule has 0 aliphatic carbocycles. The van der Waals surface area contributed by atoms with E-state index >= 15 is 0 Å². The van der Waals surface area contributed by atoms with Crippen molar-refractivity contribution in [3.05, 3.63) is 23.6 Å². The highest BCUT2D eigenvalue weighted by atomic mass is 19.1. The minimum Gasteiger partial charge on any atom is -0.372 e. The van der Waals surface area contributed by atoms with Crippen LogP contribution in [0.5, 0.6) is 0 Å². The highest BCUT2D eigenvalue weighted by Gasteiger charge is 2.25. The molecule has 0 saturated carbocycles. The molecule has 4 nitrogen and oxygen atoms in total. The molecule has 5 heteroatoms. The van der Waals surface area contributed by atoms with Crippen molar-refractivity contribution in [2.75, 3.05) is 18.0 Å². The van der Waals surface area contributed by atoms with E-state index in [2.05, 4.69) is 49.8 Å². The van der Waals surface area contributed by atoms with Gasteiger partial charge in [0.25, 0.3) is 0 Å². The fourth-order valence-corrected chi connectivity index (χ4v) is 2.60. The molecular formula is C16H26FN3O. The van der Waals surface area contributed by atoms with E-state index in [9.17, 15) is 4.39 Å². The van der Waals surface area contributed by atoms with Crippen molar-refractivity contribution >= 4 is 5.82 Å². The molecule has 1 aliphatic rings. The van der Waals surface area contributed by atoms with Gasteiger partial charge in [-0.3, -0.25) is 0 Å². The maximum absolute atomic E-state index is 13.6. The minimum atomic E-state index is -0.293. The number of hydrogen-bond donors (Lipinski definition) is 1. The fraction of sp³-hybridized carbons (Fsp3) is 0.688. The third-order valence-corrected chi connectivity index (χ3v) is 3.44. The predicted molar refractivity (Wildman–Crippen MR) is 83.0 cm³/mol. The number of halogens is 1. The van der Waals surface area contributed by atoms with Crippen LogP contribution in [0, 0.1) is 5.82 Å². The molecule has 118 valence electrons.